The molecule has 1 aliphatic heterocycles. The molecule has 2 heterocycles. The molecule has 1 fully saturated rings. The van der Waals surface area contributed by atoms with E-state index in [2.05, 4.69) is 50.5 Å². The first-order valence-corrected chi connectivity index (χ1v) is 7.63. The Labute approximate surface area is 130 Å². The van der Waals surface area contributed by atoms with E-state index in [0.717, 1.165) is 31.0 Å². The summed E-state index contributed by atoms with van der Waals surface area (Å²) >= 11 is 6.13. The molecule has 3 rings (SSSR count). The molecule has 1 aromatic heterocycles. The maximum Gasteiger partial charge on any atom is 0.157 e. The maximum atomic E-state index is 6.13. The van der Waals surface area contributed by atoms with Crippen LogP contribution < -0.4 is 10.2 Å². The molecule has 5 heteroatoms. The van der Waals surface area contributed by atoms with Crippen LogP contribution in [-0.4, -0.2) is 30.1 Å². The molecular formula is C16H19ClN4. The average molecular weight is 303 g/mol. The molecule has 0 radical (unpaired) electrons. The fourth-order valence-corrected chi connectivity index (χ4v) is 3.17. The zero-order valence-corrected chi connectivity index (χ0v) is 12.8. The summed E-state index contributed by atoms with van der Waals surface area (Å²) in [5, 5.41) is 3.59. The highest BCUT2D eigenvalue weighted by Gasteiger charge is 2.26. The van der Waals surface area contributed by atoms with Gasteiger partial charge >= 0.3 is 0 Å². The van der Waals surface area contributed by atoms with Gasteiger partial charge in [0.2, 0.25) is 0 Å². The number of hydrogen-bond donors (Lipinski definition) is 1. The largest absolute Gasteiger partial charge is 0.383 e. The van der Waals surface area contributed by atoms with Crippen molar-refractivity contribution in [3.8, 4) is 0 Å². The van der Waals surface area contributed by atoms with E-state index in [1.807, 2.05) is 7.05 Å². The number of hydrogen-bond acceptors (Lipinski definition) is 4. The smallest absolute Gasteiger partial charge is 0.157 e. The van der Waals surface area contributed by atoms with E-state index in [4.69, 9.17) is 11.6 Å². The molecular weight excluding hydrogens is 284 g/mol. The van der Waals surface area contributed by atoms with Gasteiger partial charge in [-0.3, -0.25) is 0 Å². The fourth-order valence-electron chi connectivity index (χ4n) is 2.95. The second kappa shape index (κ2) is 6.31. The summed E-state index contributed by atoms with van der Waals surface area (Å²) in [6.07, 6.45) is 3.83. The van der Waals surface area contributed by atoms with E-state index in [9.17, 15) is 0 Å². The van der Waals surface area contributed by atoms with Crippen molar-refractivity contribution in [1.82, 2.24) is 9.97 Å². The molecule has 1 aromatic carbocycles. The van der Waals surface area contributed by atoms with Crippen molar-refractivity contribution in [3.05, 3.63) is 47.4 Å². The number of halogens is 1. The van der Waals surface area contributed by atoms with Crippen LogP contribution >= 0.6 is 11.6 Å². The third-order valence-electron chi connectivity index (χ3n) is 3.98. The predicted molar refractivity (Wildman–Crippen MR) is 87.1 cm³/mol. The molecule has 0 aliphatic carbocycles. The van der Waals surface area contributed by atoms with Gasteiger partial charge in [-0.05, 0) is 24.3 Å². The Bertz CT molecular complexity index is 602. The van der Waals surface area contributed by atoms with Gasteiger partial charge in [-0.2, -0.15) is 0 Å². The minimum absolute atomic E-state index is 0.481. The van der Waals surface area contributed by atoms with Gasteiger partial charge < -0.3 is 10.2 Å². The molecule has 1 saturated heterocycles. The van der Waals surface area contributed by atoms with Gasteiger partial charge in [0.15, 0.2) is 11.0 Å². The van der Waals surface area contributed by atoms with Crippen LogP contribution in [0.4, 0.5) is 11.5 Å². The maximum absolute atomic E-state index is 6.13. The van der Waals surface area contributed by atoms with Crippen LogP contribution in [0.2, 0.25) is 5.15 Å². The van der Waals surface area contributed by atoms with Crippen molar-refractivity contribution in [2.45, 2.75) is 12.8 Å². The van der Waals surface area contributed by atoms with Crippen LogP contribution in [0.3, 0.4) is 0 Å². The SMILES string of the molecule is CNc1c(Cl)ncnc1N1CCC(Cc2ccccc2)C1. The van der Waals surface area contributed by atoms with Crippen molar-refractivity contribution in [2.75, 3.05) is 30.4 Å². The summed E-state index contributed by atoms with van der Waals surface area (Å²) in [6.45, 7) is 2.02. The molecule has 1 aliphatic rings. The number of rotatable bonds is 4. The lowest BCUT2D eigenvalue weighted by Crippen LogP contribution is -2.22. The van der Waals surface area contributed by atoms with E-state index in [-0.39, 0.29) is 0 Å². The van der Waals surface area contributed by atoms with Crippen LogP contribution in [0, 0.1) is 5.92 Å². The number of benzene rings is 1. The van der Waals surface area contributed by atoms with Crippen LogP contribution in [0.5, 0.6) is 0 Å². The standard InChI is InChI=1S/C16H19ClN4/c1-18-14-15(17)19-11-20-16(14)21-8-7-13(10-21)9-12-5-3-2-4-6-12/h2-6,11,13,18H,7-10H2,1H3. The lowest BCUT2D eigenvalue weighted by molar-refractivity contribution is 0.586. The Morgan fingerprint density at radius 3 is 2.86 bits per heavy atom. The minimum Gasteiger partial charge on any atom is -0.383 e. The molecule has 2 aromatic rings. The molecule has 1 N–H and O–H groups in total. The summed E-state index contributed by atoms with van der Waals surface area (Å²) in [7, 11) is 1.85. The van der Waals surface area contributed by atoms with Crippen molar-refractivity contribution in [3.63, 3.8) is 0 Å². The van der Waals surface area contributed by atoms with E-state index in [1.165, 1.54) is 18.3 Å². The summed E-state index contributed by atoms with van der Waals surface area (Å²) in [5.41, 5.74) is 2.22. The van der Waals surface area contributed by atoms with Crippen molar-refractivity contribution in [2.24, 2.45) is 5.92 Å². The van der Waals surface area contributed by atoms with Gasteiger partial charge in [0.05, 0.1) is 0 Å². The number of aromatic nitrogens is 2. The second-order valence-corrected chi connectivity index (χ2v) is 5.76. The topological polar surface area (TPSA) is 41.1 Å². The second-order valence-electron chi connectivity index (χ2n) is 5.40. The highest BCUT2D eigenvalue weighted by molar-refractivity contribution is 6.32. The zero-order chi connectivity index (χ0) is 14.7. The van der Waals surface area contributed by atoms with Crippen LogP contribution in [0.25, 0.3) is 0 Å². The number of nitrogens with one attached hydrogen (secondary N) is 1. The minimum atomic E-state index is 0.481. The quantitative estimate of drug-likeness (QED) is 0.880. The molecule has 0 amide bonds. The third-order valence-corrected chi connectivity index (χ3v) is 4.27. The van der Waals surface area contributed by atoms with Crippen LogP contribution in [0.1, 0.15) is 12.0 Å². The van der Waals surface area contributed by atoms with Crippen molar-refractivity contribution >= 4 is 23.1 Å². The molecule has 110 valence electrons. The fraction of sp³-hybridized carbons (Fsp3) is 0.375. The highest BCUT2D eigenvalue weighted by atomic mass is 35.5. The number of anilines is 2. The predicted octanol–water partition coefficient (Wildman–Crippen LogP) is 3.24. The first kappa shape index (κ1) is 14.1. The average Bonchev–Trinajstić information content (AvgIpc) is 2.96. The van der Waals surface area contributed by atoms with E-state index < -0.39 is 0 Å². The first-order valence-electron chi connectivity index (χ1n) is 7.25. The lowest BCUT2D eigenvalue weighted by Gasteiger charge is -2.20. The van der Waals surface area contributed by atoms with Gasteiger partial charge in [0.1, 0.15) is 12.0 Å². The molecule has 0 spiro atoms. The molecule has 21 heavy (non-hydrogen) atoms. The van der Waals surface area contributed by atoms with Crippen LogP contribution in [-0.2, 0) is 6.42 Å². The summed E-state index contributed by atoms with van der Waals surface area (Å²) in [5.74, 6) is 1.57. The van der Waals surface area contributed by atoms with Gasteiger partial charge in [0.25, 0.3) is 0 Å². The Balaban J connectivity index is 1.71. The Morgan fingerprint density at radius 2 is 2.10 bits per heavy atom. The summed E-state index contributed by atoms with van der Waals surface area (Å²) in [4.78, 5) is 10.7. The third kappa shape index (κ3) is 3.10. The van der Waals surface area contributed by atoms with E-state index >= 15 is 0 Å². The molecule has 1 unspecified atom stereocenters. The zero-order valence-electron chi connectivity index (χ0n) is 12.1. The Kier molecular flexibility index (Phi) is 4.25. The first-order chi connectivity index (χ1) is 10.3. The van der Waals surface area contributed by atoms with E-state index in [1.54, 1.807) is 0 Å². The van der Waals surface area contributed by atoms with E-state index in [0.29, 0.717) is 11.1 Å². The Hall–Kier alpha value is -1.81. The normalized spacial score (nSPS) is 18.0. The lowest BCUT2D eigenvalue weighted by atomic mass is 9.99. The Morgan fingerprint density at radius 1 is 1.29 bits per heavy atom. The molecule has 1 atom stereocenters. The van der Waals surface area contributed by atoms with Crippen molar-refractivity contribution < 1.29 is 0 Å². The van der Waals surface area contributed by atoms with Gasteiger partial charge in [-0.15, -0.1) is 0 Å². The van der Waals surface area contributed by atoms with Gasteiger partial charge in [-0.1, -0.05) is 41.9 Å². The number of nitrogens with zero attached hydrogens (tertiary/aromatic N) is 3. The van der Waals surface area contributed by atoms with Gasteiger partial charge in [0, 0.05) is 20.1 Å². The molecule has 4 nitrogen and oxygen atoms in total. The summed E-state index contributed by atoms with van der Waals surface area (Å²) < 4.78 is 0. The van der Waals surface area contributed by atoms with Crippen molar-refractivity contribution in [1.29, 1.82) is 0 Å². The molecule has 0 bridgehead atoms. The van der Waals surface area contributed by atoms with Crippen LogP contribution in [0.15, 0.2) is 36.7 Å². The summed E-state index contributed by atoms with van der Waals surface area (Å²) in [6, 6.07) is 10.7. The highest BCUT2D eigenvalue weighted by Crippen LogP contribution is 2.32. The molecule has 0 saturated carbocycles. The van der Waals surface area contributed by atoms with Gasteiger partial charge in [-0.25, -0.2) is 9.97 Å². The monoisotopic (exact) mass is 302 g/mol.